The van der Waals surface area contributed by atoms with Gasteiger partial charge in [0.25, 0.3) is 5.69 Å². The molecule has 1 amide bonds. The Labute approximate surface area is 191 Å². The number of hydrogen-bond donors (Lipinski definition) is 3. The van der Waals surface area contributed by atoms with E-state index in [1.807, 2.05) is 0 Å². The molecule has 0 atom stereocenters. The predicted molar refractivity (Wildman–Crippen MR) is 122 cm³/mol. The van der Waals surface area contributed by atoms with Gasteiger partial charge in [0.2, 0.25) is 5.91 Å². The zero-order chi connectivity index (χ0) is 24.2. The molecule has 2 aromatic rings. The number of aliphatic hydroxyl groups is 1. The van der Waals surface area contributed by atoms with E-state index >= 15 is 0 Å². The van der Waals surface area contributed by atoms with Gasteiger partial charge in [0.05, 0.1) is 17.1 Å². The number of aliphatic hydroxyl groups excluding tert-OH is 1. The second kappa shape index (κ2) is 12.9. The van der Waals surface area contributed by atoms with E-state index in [0.29, 0.717) is 12.1 Å². The third-order valence-corrected chi connectivity index (χ3v) is 4.69. The minimum atomic E-state index is -0.913. The second-order valence-electron chi connectivity index (χ2n) is 7.22. The summed E-state index contributed by atoms with van der Waals surface area (Å²) in [7, 11) is 0. The lowest BCUT2D eigenvalue weighted by atomic mass is 10.1. The summed E-state index contributed by atoms with van der Waals surface area (Å²) in [6.45, 7) is 1.41. The third-order valence-electron chi connectivity index (χ3n) is 4.69. The van der Waals surface area contributed by atoms with Crippen molar-refractivity contribution in [2.75, 3.05) is 30.4 Å². The number of ether oxygens (including phenoxy) is 1. The van der Waals surface area contributed by atoms with Crippen LogP contribution in [0.1, 0.15) is 53.3 Å². The van der Waals surface area contributed by atoms with E-state index in [9.17, 15) is 24.5 Å². The molecule has 0 saturated carbocycles. The van der Waals surface area contributed by atoms with Crippen LogP contribution in [-0.2, 0) is 9.53 Å². The zero-order valence-corrected chi connectivity index (χ0v) is 18.3. The van der Waals surface area contributed by atoms with Crippen molar-refractivity contribution in [3.63, 3.8) is 0 Å². The van der Waals surface area contributed by atoms with Crippen LogP contribution in [0.5, 0.6) is 0 Å². The highest BCUT2D eigenvalue weighted by molar-refractivity contribution is 6.01. The highest BCUT2D eigenvalue weighted by Crippen LogP contribution is 2.23. The van der Waals surface area contributed by atoms with Crippen molar-refractivity contribution in [3.8, 4) is 0 Å². The van der Waals surface area contributed by atoms with Gasteiger partial charge in [0.1, 0.15) is 0 Å². The number of hydrogen-bond acceptors (Lipinski definition) is 8. The van der Waals surface area contributed by atoms with Crippen LogP contribution >= 0.6 is 0 Å². The average Bonchev–Trinajstić information content (AvgIpc) is 2.81. The monoisotopic (exact) mass is 457 g/mol. The molecule has 33 heavy (non-hydrogen) atoms. The number of non-ortho nitro benzene ring substituents is 1. The number of nitrogens with zero attached hydrogens (tertiary/aromatic N) is 1. The van der Waals surface area contributed by atoms with Crippen LogP contribution in [-0.4, -0.2) is 47.4 Å². The van der Waals surface area contributed by atoms with E-state index in [-0.39, 0.29) is 41.6 Å². The summed E-state index contributed by atoms with van der Waals surface area (Å²) < 4.78 is 5.07. The van der Waals surface area contributed by atoms with E-state index in [1.165, 1.54) is 24.3 Å². The van der Waals surface area contributed by atoms with Crippen molar-refractivity contribution in [1.29, 1.82) is 0 Å². The van der Waals surface area contributed by atoms with E-state index in [2.05, 4.69) is 17.6 Å². The molecule has 2 aromatic carbocycles. The van der Waals surface area contributed by atoms with Crippen molar-refractivity contribution in [2.45, 2.75) is 32.6 Å². The normalized spacial score (nSPS) is 10.4. The molecule has 3 N–H and O–H groups in total. The van der Waals surface area contributed by atoms with Gasteiger partial charge in [-0.15, -0.1) is 0 Å². The molecular formula is C23H27N3O7. The Hall–Kier alpha value is -3.79. The topological polar surface area (TPSA) is 148 Å². The van der Waals surface area contributed by atoms with E-state index in [4.69, 9.17) is 9.84 Å². The zero-order valence-electron chi connectivity index (χ0n) is 18.3. The molecule has 0 heterocycles. The van der Waals surface area contributed by atoms with Crippen LogP contribution in [0.15, 0.2) is 42.5 Å². The van der Waals surface area contributed by atoms with Gasteiger partial charge in [-0.05, 0) is 36.8 Å². The number of amides is 1. The number of unbranched alkanes of at least 4 members (excludes halogenated alkanes) is 2. The molecule has 10 nitrogen and oxygen atoms in total. The van der Waals surface area contributed by atoms with Gasteiger partial charge in [0, 0.05) is 42.0 Å². The molecule has 2 rings (SSSR count). The highest BCUT2D eigenvalue weighted by atomic mass is 16.6. The summed E-state index contributed by atoms with van der Waals surface area (Å²) >= 11 is 0. The Balaban J connectivity index is 1.98. The van der Waals surface area contributed by atoms with Crippen molar-refractivity contribution < 1.29 is 29.2 Å². The fourth-order valence-electron chi connectivity index (χ4n) is 2.95. The maximum Gasteiger partial charge on any atom is 0.340 e. The lowest BCUT2D eigenvalue weighted by molar-refractivity contribution is -0.384. The van der Waals surface area contributed by atoms with Gasteiger partial charge >= 0.3 is 5.97 Å². The molecule has 0 aromatic heterocycles. The van der Waals surface area contributed by atoms with Gasteiger partial charge in [-0.1, -0.05) is 19.8 Å². The lowest BCUT2D eigenvalue weighted by Gasteiger charge is -2.11. The number of nitro groups is 1. The fraction of sp³-hybridized carbons (Fsp3) is 0.348. The average molecular weight is 457 g/mol. The first-order chi connectivity index (χ1) is 15.8. The van der Waals surface area contributed by atoms with Crippen LogP contribution in [0.2, 0.25) is 0 Å². The first-order valence-electron chi connectivity index (χ1n) is 10.6. The number of benzene rings is 2. The molecule has 0 aliphatic rings. The Bertz CT molecular complexity index is 990. The lowest BCUT2D eigenvalue weighted by Crippen LogP contribution is -2.17. The Kier molecular flexibility index (Phi) is 9.97. The summed E-state index contributed by atoms with van der Waals surface area (Å²) in [5, 5.41) is 25.5. The number of esters is 1. The Morgan fingerprint density at radius 3 is 2.45 bits per heavy atom. The molecule has 10 heteroatoms. The van der Waals surface area contributed by atoms with Crippen LogP contribution in [0.3, 0.4) is 0 Å². The van der Waals surface area contributed by atoms with Crippen LogP contribution in [0.4, 0.5) is 17.1 Å². The first-order valence-corrected chi connectivity index (χ1v) is 10.6. The molecule has 0 spiro atoms. The van der Waals surface area contributed by atoms with Gasteiger partial charge in [-0.25, -0.2) is 4.79 Å². The van der Waals surface area contributed by atoms with Crippen molar-refractivity contribution >= 4 is 34.7 Å². The summed E-state index contributed by atoms with van der Waals surface area (Å²) in [5.74, 6) is -1.48. The van der Waals surface area contributed by atoms with Crippen molar-refractivity contribution in [2.24, 2.45) is 0 Å². The first kappa shape index (κ1) is 25.5. The number of nitrogens with one attached hydrogen (secondary N) is 2. The number of anilines is 2. The highest BCUT2D eigenvalue weighted by Gasteiger charge is 2.19. The number of carbonyl (C=O) groups excluding carboxylic acids is 3. The maximum atomic E-state index is 12.5. The quantitative estimate of drug-likeness (QED) is 0.136. The van der Waals surface area contributed by atoms with Gasteiger partial charge < -0.3 is 20.5 Å². The van der Waals surface area contributed by atoms with Gasteiger partial charge in [0.15, 0.2) is 12.4 Å². The van der Waals surface area contributed by atoms with Crippen molar-refractivity contribution in [3.05, 3.63) is 63.7 Å². The smallest absolute Gasteiger partial charge is 0.340 e. The SMILES string of the molecule is CCCCCC(=O)Nc1ccc(C(=O)COC(=O)c2cc([N+](=O)[O-])ccc2NCCO)cc1. The molecule has 0 aliphatic heterocycles. The van der Waals surface area contributed by atoms with E-state index < -0.39 is 23.3 Å². The van der Waals surface area contributed by atoms with Crippen LogP contribution in [0, 0.1) is 10.1 Å². The molecule has 0 fully saturated rings. The second-order valence-corrected chi connectivity index (χ2v) is 7.22. The molecule has 0 radical (unpaired) electrons. The van der Waals surface area contributed by atoms with Gasteiger partial charge in [-0.3, -0.25) is 19.7 Å². The molecule has 0 unspecified atom stereocenters. The predicted octanol–water partition coefficient (Wildman–Crippen LogP) is 3.56. The molecular weight excluding hydrogens is 430 g/mol. The van der Waals surface area contributed by atoms with Crippen LogP contribution in [0.25, 0.3) is 0 Å². The number of rotatable bonds is 13. The van der Waals surface area contributed by atoms with Crippen molar-refractivity contribution in [1.82, 2.24) is 0 Å². The minimum Gasteiger partial charge on any atom is -0.454 e. The fourth-order valence-corrected chi connectivity index (χ4v) is 2.95. The standard InChI is InChI=1S/C23H27N3O7/c1-2-3-4-5-22(29)25-17-8-6-16(7-9-17)21(28)15-33-23(30)19-14-18(26(31)32)10-11-20(19)24-12-13-27/h6-11,14,24,27H,2-5,12-13,15H2,1H3,(H,25,29). The largest absolute Gasteiger partial charge is 0.454 e. The number of ketones is 1. The number of carbonyl (C=O) groups is 3. The molecule has 0 saturated heterocycles. The maximum absolute atomic E-state index is 12.5. The summed E-state index contributed by atoms with van der Waals surface area (Å²) in [6.07, 6.45) is 3.24. The molecule has 0 aliphatic carbocycles. The number of nitro benzene ring substituents is 1. The minimum absolute atomic E-state index is 0.0981. The van der Waals surface area contributed by atoms with Crippen LogP contribution < -0.4 is 10.6 Å². The Morgan fingerprint density at radius 2 is 1.82 bits per heavy atom. The number of Topliss-reactive ketones (excluding diaryl/α,β-unsaturated/α-hetero) is 1. The molecule has 176 valence electrons. The summed E-state index contributed by atoms with van der Waals surface area (Å²) in [6, 6.07) is 9.80. The summed E-state index contributed by atoms with van der Waals surface area (Å²) in [5.41, 5.74) is 0.651. The Morgan fingerprint density at radius 1 is 1.09 bits per heavy atom. The third kappa shape index (κ3) is 8.00. The van der Waals surface area contributed by atoms with E-state index in [1.54, 1.807) is 12.1 Å². The van der Waals surface area contributed by atoms with E-state index in [0.717, 1.165) is 25.3 Å². The summed E-state index contributed by atoms with van der Waals surface area (Å²) in [4.78, 5) is 47.1. The molecule has 0 bridgehead atoms. The van der Waals surface area contributed by atoms with Gasteiger partial charge in [-0.2, -0.15) is 0 Å².